The maximum absolute atomic E-state index is 12.2. The molecule has 0 radical (unpaired) electrons. The maximum atomic E-state index is 12.2. The average molecular weight is 283 g/mol. The van der Waals surface area contributed by atoms with Gasteiger partial charge < -0.3 is 5.73 Å². The first-order valence-electron chi connectivity index (χ1n) is 6.69. The summed E-state index contributed by atoms with van der Waals surface area (Å²) in [5.74, 6) is 0.117. The Labute approximate surface area is 117 Å². The molecule has 1 rings (SSSR count). The second-order valence-corrected chi connectivity index (χ2v) is 8.13. The molecule has 4 heteroatoms. The van der Waals surface area contributed by atoms with Gasteiger partial charge in [-0.3, -0.25) is 0 Å². The summed E-state index contributed by atoms with van der Waals surface area (Å²) in [5.41, 5.74) is 9.28. The van der Waals surface area contributed by atoms with Crippen LogP contribution in [0.4, 0.5) is 0 Å². The first-order chi connectivity index (χ1) is 8.65. The fourth-order valence-corrected chi connectivity index (χ4v) is 3.73. The lowest BCUT2D eigenvalue weighted by atomic mass is 10.0. The number of benzene rings is 1. The molecule has 0 aromatic heterocycles. The topological polar surface area (TPSA) is 60.2 Å². The highest BCUT2D eigenvalue weighted by Gasteiger charge is 2.26. The van der Waals surface area contributed by atoms with E-state index in [1.165, 1.54) is 5.56 Å². The normalized spacial score (nSPS) is 15.5. The van der Waals surface area contributed by atoms with E-state index >= 15 is 0 Å². The predicted octanol–water partition coefficient (Wildman–Crippen LogP) is 2.76. The second-order valence-electron chi connectivity index (χ2n) is 5.73. The molecule has 2 atom stereocenters. The third-order valence-corrected chi connectivity index (χ3v) is 6.38. The summed E-state index contributed by atoms with van der Waals surface area (Å²) in [5, 5.41) is -0.356. The standard InChI is InChI=1S/C15H25NO2S/c1-10(2)13(5)19(17,18)9-15(16)14-7-6-11(3)12(4)8-14/h6-8,10,13,15H,9,16H2,1-5H3. The largest absolute Gasteiger partial charge is 0.323 e. The van der Waals surface area contributed by atoms with Gasteiger partial charge in [0.2, 0.25) is 0 Å². The van der Waals surface area contributed by atoms with Gasteiger partial charge >= 0.3 is 0 Å². The Balaban J connectivity index is 2.90. The van der Waals surface area contributed by atoms with Crippen LogP contribution in [-0.2, 0) is 9.84 Å². The van der Waals surface area contributed by atoms with E-state index in [4.69, 9.17) is 5.73 Å². The van der Waals surface area contributed by atoms with E-state index in [1.807, 2.05) is 45.9 Å². The molecule has 108 valence electrons. The molecule has 2 unspecified atom stereocenters. The Morgan fingerprint density at radius 2 is 1.68 bits per heavy atom. The molecule has 19 heavy (non-hydrogen) atoms. The fourth-order valence-electron chi connectivity index (χ4n) is 1.91. The van der Waals surface area contributed by atoms with Gasteiger partial charge in [-0.25, -0.2) is 8.42 Å². The van der Waals surface area contributed by atoms with Crippen LogP contribution in [0, 0.1) is 19.8 Å². The van der Waals surface area contributed by atoms with Crippen LogP contribution in [0.1, 0.15) is 43.5 Å². The van der Waals surface area contributed by atoms with Gasteiger partial charge in [-0.05, 0) is 43.4 Å². The Kier molecular flexibility index (Phi) is 5.16. The van der Waals surface area contributed by atoms with Gasteiger partial charge in [0.05, 0.1) is 11.0 Å². The number of nitrogens with two attached hydrogens (primary N) is 1. The van der Waals surface area contributed by atoms with Gasteiger partial charge in [0, 0.05) is 6.04 Å². The van der Waals surface area contributed by atoms with Crippen LogP contribution in [0.3, 0.4) is 0 Å². The highest BCUT2D eigenvalue weighted by molar-refractivity contribution is 7.92. The van der Waals surface area contributed by atoms with Crippen molar-refractivity contribution < 1.29 is 8.42 Å². The number of hydrogen-bond donors (Lipinski definition) is 1. The summed E-state index contributed by atoms with van der Waals surface area (Å²) in [7, 11) is -3.15. The van der Waals surface area contributed by atoms with Crippen LogP contribution in [-0.4, -0.2) is 19.4 Å². The Hall–Kier alpha value is -0.870. The lowest BCUT2D eigenvalue weighted by Gasteiger charge is -2.20. The van der Waals surface area contributed by atoms with Crippen molar-refractivity contribution in [1.82, 2.24) is 0 Å². The molecule has 0 saturated carbocycles. The van der Waals surface area contributed by atoms with E-state index in [0.717, 1.165) is 11.1 Å². The van der Waals surface area contributed by atoms with Crippen molar-refractivity contribution in [3.8, 4) is 0 Å². The van der Waals surface area contributed by atoms with Gasteiger partial charge in [0.25, 0.3) is 0 Å². The minimum absolute atomic E-state index is 0.00878. The van der Waals surface area contributed by atoms with Gasteiger partial charge in [0.15, 0.2) is 9.84 Å². The van der Waals surface area contributed by atoms with Gasteiger partial charge in [-0.2, -0.15) is 0 Å². The quantitative estimate of drug-likeness (QED) is 0.904. The molecule has 0 aliphatic heterocycles. The fraction of sp³-hybridized carbons (Fsp3) is 0.600. The molecule has 1 aromatic rings. The number of hydrogen-bond acceptors (Lipinski definition) is 3. The summed E-state index contributed by atoms with van der Waals surface area (Å²) in [4.78, 5) is 0. The van der Waals surface area contributed by atoms with E-state index < -0.39 is 15.9 Å². The van der Waals surface area contributed by atoms with Crippen molar-refractivity contribution in [3.63, 3.8) is 0 Å². The summed E-state index contributed by atoms with van der Waals surface area (Å²) in [6, 6.07) is 5.44. The summed E-state index contributed by atoms with van der Waals surface area (Å²) < 4.78 is 24.5. The molecular weight excluding hydrogens is 258 g/mol. The molecule has 0 aliphatic rings. The number of sulfone groups is 1. The Morgan fingerprint density at radius 3 is 2.16 bits per heavy atom. The van der Waals surface area contributed by atoms with E-state index in [0.29, 0.717) is 0 Å². The molecule has 0 bridgehead atoms. The van der Waals surface area contributed by atoms with Crippen LogP contribution in [0.2, 0.25) is 0 Å². The van der Waals surface area contributed by atoms with E-state index in [1.54, 1.807) is 6.92 Å². The minimum Gasteiger partial charge on any atom is -0.323 e. The third kappa shape index (κ3) is 4.05. The maximum Gasteiger partial charge on any atom is 0.155 e. The summed E-state index contributed by atoms with van der Waals surface area (Å²) in [6.07, 6.45) is 0. The van der Waals surface area contributed by atoms with Crippen molar-refractivity contribution >= 4 is 9.84 Å². The molecule has 1 aromatic carbocycles. The molecule has 0 aliphatic carbocycles. The van der Waals surface area contributed by atoms with Crippen LogP contribution < -0.4 is 5.73 Å². The lowest BCUT2D eigenvalue weighted by molar-refractivity contribution is 0.540. The van der Waals surface area contributed by atoms with Crippen molar-refractivity contribution in [1.29, 1.82) is 0 Å². The van der Waals surface area contributed by atoms with Crippen LogP contribution in [0.25, 0.3) is 0 Å². The molecular formula is C15H25NO2S. The first kappa shape index (κ1) is 16.2. The van der Waals surface area contributed by atoms with Crippen molar-refractivity contribution in [3.05, 3.63) is 34.9 Å². The number of rotatable bonds is 5. The molecule has 0 heterocycles. The molecule has 0 saturated heterocycles. The lowest BCUT2D eigenvalue weighted by Crippen LogP contribution is -2.31. The average Bonchev–Trinajstić information content (AvgIpc) is 2.30. The highest BCUT2D eigenvalue weighted by Crippen LogP contribution is 2.20. The molecule has 0 fully saturated rings. The monoisotopic (exact) mass is 283 g/mol. The zero-order valence-electron chi connectivity index (χ0n) is 12.5. The van der Waals surface area contributed by atoms with Gasteiger partial charge in [-0.1, -0.05) is 32.0 Å². The Morgan fingerprint density at radius 1 is 1.11 bits per heavy atom. The minimum atomic E-state index is -3.15. The summed E-state index contributed by atoms with van der Waals surface area (Å²) >= 11 is 0. The molecule has 3 nitrogen and oxygen atoms in total. The molecule has 0 amide bonds. The zero-order chi connectivity index (χ0) is 14.8. The molecule has 2 N–H and O–H groups in total. The van der Waals surface area contributed by atoms with Crippen LogP contribution in [0.15, 0.2) is 18.2 Å². The van der Waals surface area contributed by atoms with Crippen molar-refractivity contribution in [2.75, 3.05) is 5.75 Å². The zero-order valence-corrected chi connectivity index (χ0v) is 13.3. The predicted molar refractivity (Wildman–Crippen MR) is 80.9 cm³/mol. The van der Waals surface area contributed by atoms with Crippen molar-refractivity contribution in [2.45, 2.75) is 45.9 Å². The van der Waals surface area contributed by atoms with E-state index in [9.17, 15) is 8.42 Å². The van der Waals surface area contributed by atoms with E-state index in [2.05, 4.69) is 0 Å². The highest BCUT2D eigenvalue weighted by atomic mass is 32.2. The number of aryl methyl sites for hydroxylation is 2. The third-order valence-electron chi connectivity index (χ3n) is 3.88. The smallest absolute Gasteiger partial charge is 0.155 e. The van der Waals surface area contributed by atoms with E-state index in [-0.39, 0.29) is 16.9 Å². The van der Waals surface area contributed by atoms with Gasteiger partial charge in [0.1, 0.15) is 0 Å². The van der Waals surface area contributed by atoms with Crippen molar-refractivity contribution in [2.24, 2.45) is 11.7 Å². The molecule has 0 spiro atoms. The first-order valence-corrected chi connectivity index (χ1v) is 8.41. The van der Waals surface area contributed by atoms with Crippen LogP contribution >= 0.6 is 0 Å². The summed E-state index contributed by atoms with van der Waals surface area (Å²) in [6.45, 7) is 9.64. The van der Waals surface area contributed by atoms with Gasteiger partial charge in [-0.15, -0.1) is 0 Å². The SMILES string of the molecule is Cc1ccc(C(N)CS(=O)(=O)C(C)C(C)C)cc1C. The van der Waals surface area contributed by atoms with Crippen LogP contribution in [0.5, 0.6) is 0 Å². The Bertz CT molecular complexity index is 535. The second kappa shape index (κ2) is 6.06.